The van der Waals surface area contributed by atoms with Crippen LogP contribution in [-0.2, 0) is 0 Å². The maximum atomic E-state index is 7.94. The van der Waals surface area contributed by atoms with Crippen LogP contribution in [0.2, 0.25) is 5.02 Å². The number of nitrogens with zero attached hydrogens (tertiary/aromatic N) is 7. The molecule has 2 aliphatic heterocycles. The summed E-state index contributed by atoms with van der Waals surface area (Å²) in [6.45, 7) is -0.00960. The first-order chi connectivity index (χ1) is 57.4. The van der Waals surface area contributed by atoms with E-state index in [0.29, 0.717) is 5.02 Å². The predicted octanol–water partition coefficient (Wildman–Crippen LogP) is 26.9. The Hall–Kier alpha value is -14.2. The van der Waals surface area contributed by atoms with Gasteiger partial charge in [-0.25, -0.2) is 0 Å². The average molecular weight is 1520 g/mol. The summed E-state index contributed by atoms with van der Waals surface area (Å²) < 4.78 is 0. The molecule has 0 atom stereocenters. The smallest absolute Gasteiger partial charge is 0.252 e. The van der Waals surface area contributed by atoms with Gasteiger partial charge in [0.05, 0.1) is 27.8 Å². The summed E-state index contributed by atoms with van der Waals surface area (Å²) in [4.78, 5) is 16.3. The normalized spacial score (nSPS) is 12.6. The van der Waals surface area contributed by atoms with Gasteiger partial charge in [-0.05, 0) is 258 Å². The zero-order valence-electron chi connectivity index (χ0n) is 65.9. The van der Waals surface area contributed by atoms with E-state index in [9.17, 15) is 0 Å². The van der Waals surface area contributed by atoms with E-state index in [1.54, 1.807) is 0 Å². The molecule has 0 aromatic heterocycles. The summed E-state index contributed by atoms with van der Waals surface area (Å²) in [6.07, 6.45) is 0. The molecule has 22 aromatic carbocycles. The Kier molecular flexibility index (Phi) is 15.3. The van der Waals surface area contributed by atoms with E-state index in [4.69, 9.17) is 11.6 Å². The molecule has 24 rings (SSSR count). The van der Waals surface area contributed by atoms with Crippen LogP contribution in [0.1, 0.15) is 0 Å². The Morgan fingerprint density at radius 1 is 0.265 bits per heavy atom. The highest BCUT2D eigenvalue weighted by Crippen LogP contribution is 2.55. The molecule has 0 fully saturated rings. The average Bonchev–Trinajstić information content (AvgIpc) is 0.676. The summed E-state index contributed by atoms with van der Waals surface area (Å²) in [6, 6.07) is 126. The van der Waals surface area contributed by atoms with E-state index >= 15 is 0 Å². The van der Waals surface area contributed by atoms with Gasteiger partial charge in [-0.2, -0.15) is 0 Å². The number of nitrogens with one attached hydrogen (secondary N) is 1. The number of hydrogen-bond donors (Lipinski definition) is 1. The van der Waals surface area contributed by atoms with E-state index in [1.165, 1.54) is 180 Å². The third kappa shape index (κ3) is 10.3. The molecular weight excluding hydrogens is 1440 g/mol. The monoisotopic (exact) mass is 1520 g/mol. The second-order valence-electron chi connectivity index (χ2n) is 32.3. The molecule has 2 aliphatic rings. The lowest BCUT2D eigenvalue weighted by atomic mass is 9.33. The largest absolute Gasteiger partial charge is 0.388 e. The zero-order valence-corrected chi connectivity index (χ0v) is 66.7. The Morgan fingerprint density at radius 3 is 0.906 bits per heavy atom. The van der Waals surface area contributed by atoms with E-state index in [2.05, 4.69) is 422 Å². The van der Waals surface area contributed by atoms with Crippen molar-refractivity contribution >= 4 is 255 Å². The molecule has 0 saturated heterocycles. The van der Waals surface area contributed by atoms with Crippen LogP contribution >= 0.6 is 11.6 Å². The molecule has 0 bridgehead atoms. The predicted molar refractivity (Wildman–Crippen MR) is 509 cm³/mol. The van der Waals surface area contributed by atoms with Crippen molar-refractivity contribution in [1.82, 2.24) is 0 Å². The van der Waals surface area contributed by atoms with E-state index < -0.39 is 0 Å². The fourth-order valence-electron chi connectivity index (χ4n) is 20.0. The number of rotatable bonds is 12. The van der Waals surface area contributed by atoms with Gasteiger partial charge in [0, 0.05) is 139 Å². The standard InChI is InChI=1S/C54H39BN4.C53H39ClN4/c1-56(2)38-20-24-40(25-21-38)58-46-12-7-13-47-52(46)55(44-30-36-16-14-32-8-5-10-34-18-28-42(53(44)58)50(36)48(32)34)45-31-37-17-15-33-9-6-11-35-19-29-43(51(37)49(33)35)54(45)59(47)41-26-22-39(23-27-41)57(3)4;1-55-39-21-23-41(24-22-39)57(45-31-19-37-15-13-33-7-4-9-35-17-29-43(45)51(37)49(33)35)47-11-6-12-48(53(47)54)58(42-27-25-40(26-28-42)56(2)3)46-32-20-38-16-14-34-8-5-10-36-18-30-44(46)52(38)50(34)36/h5-31H,1-4H3;4-32,55H,1-3H3. The van der Waals surface area contributed by atoms with Gasteiger partial charge >= 0.3 is 0 Å². The van der Waals surface area contributed by atoms with Crippen LogP contribution in [0.25, 0.3) is 129 Å². The highest BCUT2D eigenvalue weighted by Gasteiger charge is 2.45. The number of fused-ring (bicyclic) bond motifs is 6. The van der Waals surface area contributed by atoms with Gasteiger partial charge in [-0.15, -0.1) is 0 Å². The lowest BCUT2D eigenvalue weighted by molar-refractivity contribution is 1.13. The summed E-state index contributed by atoms with van der Waals surface area (Å²) in [5.41, 5.74) is 21.8. The van der Waals surface area contributed by atoms with Gasteiger partial charge in [-0.1, -0.05) is 218 Å². The van der Waals surface area contributed by atoms with Gasteiger partial charge in [0.15, 0.2) is 0 Å². The molecule has 10 heteroatoms. The van der Waals surface area contributed by atoms with Gasteiger partial charge in [0.25, 0.3) is 6.71 Å². The van der Waals surface area contributed by atoms with Crippen LogP contribution in [-0.4, -0.2) is 56.0 Å². The SMILES string of the molecule is CN(C)c1ccc(N2c3cccc4c3B(c3cc5ccc6cccc7ccc(c32)c5c67)c2cc3ccc5cccc6ccc(c2N4c2ccc(N(C)C)cc2)c3c56)cc1.CNc1ccc(N(c2cccc(N(c3ccc(N(C)C)cc3)c3ccc4ccc5cccc6ccc3c4c56)c2Cl)c2ccc3ccc4cccc5ccc2c3c45)cc1. The van der Waals surface area contributed by atoms with Crippen molar-refractivity contribution in [2.45, 2.75) is 0 Å². The third-order valence-electron chi connectivity index (χ3n) is 25.4. The summed E-state index contributed by atoms with van der Waals surface area (Å²) in [7, 11) is 14.5. The van der Waals surface area contributed by atoms with Crippen molar-refractivity contribution in [3.8, 4) is 0 Å². The van der Waals surface area contributed by atoms with Crippen molar-refractivity contribution in [1.29, 1.82) is 0 Å². The highest BCUT2D eigenvalue weighted by molar-refractivity contribution is 7.01. The molecule has 2 heterocycles. The van der Waals surface area contributed by atoms with E-state index in [0.717, 1.165) is 56.9 Å². The minimum Gasteiger partial charge on any atom is -0.388 e. The first-order valence-corrected chi connectivity index (χ1v) is 40.7. The number of hydrogen-bond acceptors (Lipinski definition) is 8. The molecule has 117 heavy (non-hydrogen) atoms. The molecule has 0 spiro atoms. The van der Waals surface area contributed by atoms with Crippen molar-refractivity contribution in [2.75, 3.05) is 88.9 Å². The summed E-state index contributed by atoms with van der Waals surface area (Å²) in [5, 5.41) is 34.4. The quantitative estimate of drug-likeness (QED) is 0.0958. The molecule has 0 aliphatic carbocycles. The minimum absolute atomic E-state index is 0.00960. The summed E-state index contributed by atoms with van der Waals surface area (Å²) in [5.74, 6) is 0. The van der Waals surface area contributed by atoms with Crippen LogP contribution in [0.15, 0.2) is 340 Å². The molecule has 0 unspecified atom stereocenters. The molecular formula is C107H78BClN8. The topological polar surface area (TPSA) is 34.7 Å². The molecule has 8 nitrogen and oxygen atoms in total. The van der Waals surface area contributed by atoms with Crippen LogP contribution in [0.5, 0.6) is 0 Å². The Morgan fingerprint density at radius 2 is 0.547 bits per heavy atom. The van der Waals surface area contributed by atoms with Gasteiger partial charge in [0.1, 0.15) is 0 Å². The van der Waals surface area contributed by atoms with Crippen LogP contribution in [0, 0.1) is 0 Å². The number of anilines is 16. The molecule has 0 radical (unpaired) electrons. The minimum atomic E-state index is -0.00960. The first kappa shape index (κ1) is 68.4. The van der Waals surface area contributed by atoms with Crippen LogP contribution < -0.4 is 56.0 Å². The van der Waals surface area contributed by atoms with Gasteiger partial charge < -0.3 is 39.6 Å². The summed E-state index contributed by atoms with van der Waals surface area (Å²) >= 11 is 7.94. The van der Waals surface area contributed by atoms with E-state index in [-0.39, 0.29) is 6.71 Å². The third-order valence-corrected chi connectivity index (χ3v) is 25.8. The lowest BCUT2D eigenvalue weighted by Crippen LogP contribution is -2.61. The van der Waals surface area contributed by atoms with Crippen molar-refractivity contribution < 1.29 is 0 Å². The second kappa shape index (κ2) is 26.1. The van der Waals surface area contributed by atoms with Crippen molar-refractivity contribution in [2.24, 2.45) is 0 Å². The van der Waals surface area contributed by atoms with Gasteiger partial charge in [0.2, 0.25) is 0 Å². The lowest BCUT2D eigenvalue weighted by Gasteiger charge is -2.45. The van der Waals surface area contributed by atoms with Crippen LogP contribution in [0.3, 0.4) is 0 Å². The van der Waals surface area contributed by atoms with E-state index in [1.807, 2.05) is 7.05 Å². The highest BCUT2D eigenvalue weighted by atomic mass is 35.5. The molecule has 0 amide bonds. The zero-order chi connectivity index (χ0) is 78.3. The Bertz CT molecular complexity index is 7460. The van der Waals surface area contributed by atoms with Crippen molar-refractivity contribution in [3.05, 3.63) is 345 Å². The van der Waals surface area contributed by atoms with Gasteiger partial charge in [-0.3, -0.25) is 0 Å². The number of halogens is 1. The molecule has 1 N–H and O–H groups in total. The Labute approximate surface area is 684 Å². The van der Waals surface area contributed by atoms with Crippen LogP contribution in [0.4, 0.5) is 91.0 Å². The van der Waals surface area contributed by atoms with Crippen molar-refractivity contribution in [3.63, 3.8) is 0 Å². The molecule has 556 valence electrons. The maximum absolute atomic E-state index is 7.94. The fourth-order valence-corrected chi connectivity index (χ4v) is 20.3. The maximum Gasteiger partial charge on any atom is 0.252 e. The molecule has 22 aromatic rings. The first-order valence-electron chi connectivity index (χ1n) is 40.4. The fraction of sp³-hybridized carbons (Fsp3) is 0.0654. The number of benzene rings is 22. The Balaban J connectivity index is 0.000000138. The molecule has 0 saturated carbocycles. The second-order valence-corrected chi connectivity index (χ2v) is 32.7.